The summed E-state index contributed by atoms with van der Waals surface area (Å²) in [4.78, 5) is 20.1. The standard InChI is InChI=1S/C25H26N2O2S/c1-2-17-16-27-12-10-18(17)14-23(27)25(29-24(28)15-19-6-5-13-30-19)21-9-11-26-22-8-4-3-7-20(21)22/h2-9,11,13,17-18,23,25H,1,10,12,14-16H2/p+1/t17-,18+,23+,25-/m0/s1. The molecule has 2 aromatic heterocycles. The number of pyridine rings is 1. The number of carbonyl (C=O) groups is 1. The molecule has 154 valence electrons. The maximum Gasteiger partial charge on any atom is 0.311 e. The van der Waals surface area contributed by atoms with Crippen LogP contribution >= 0.6 is 11.3 Å². The van der Waals surface area contributed by atoms with Crippen molar-refractivity contribution in [2.45, 2.75) is 31.4 Å². The molecule has 5 atom stereocenters. The minimum absolute atomic E-state index is 0.148. The zero-order valence-electron chi connectivity index (χ0n) is 17.0. The fourth-order valence-corrected chi connectivity index (χ4v) is 6.05. The molecule has 1 N–H and O–H groups in total. The second-order valence-corrected chi connectivity index (χ2v) is 9.52. The molecule has 0 aliphatic carbocycles. The normalized spacial score (nSPS) is 26.4. The quantitative estimate of drug-likeness (QED) is 0.490. The third-order valence-corrected chi connectivity index (χ3v) is 7.71. The molecule has 2 bridgehead atoms. The SMILES string of the molecule is C=C[C@H]1C[NH+]2CC[C@@H]1C[C@@H]2[C@@H](OC(=O)Cc1cccs1)c1ccnc2ccccc12. The summed E-state index contributed by atoms with van der Waals surface area (Å²) in [6, 6.07) is 14.4. The maximum absolute atomic E-state index is 12.9. The first-order valence-electron chi connectivity index (χ1n) is 10.8. The van der Waals surface area contributed by atoms with Crippen molar-refractivity contribution in [3.05, 3.63) is 77.1 Å². The van der Waals surface area contributed by atoms with Crippen LogP contribution in [-0.4, -0.2) is 30.1 Å². The van der Waals surface area contributed by atoms with E-state index in [-0.39, 0.29) is 18.1 Å². The Hall–Kier alpha value is -2.50. The van der Waals surface area contributed by atoms with Crippen LogP contribution in [0.1, 0.15) is 29.4 Å². The van der Waals surface area contributed by atoms with E-state index in [1.165, 1.54) is 11.3 Å². The van der Waals surface area contributed by atoms with Gasteiger partial charge in [0.05, 0.1) is 25.0 Å². The Balaban J connectivity index is 1.49. The van der Waals surface area contributed by atoms with Crippen LogP contribution in [0, 0.1) is 11.8 Å². The molecule has 0 radical (unpaired) electrons. The van der Waals surface area contributed by atoms with E-state index in [1.54, 1.807) is 11.3 Å². The summed E-state index contributed by atoms with van der Waals surface area (Å²) >= 11 is 1.60. The van der Waals surface area contributed by atoms with E-state index in [0.29, 0.717) is 18.3 Å². The van der Waals surface area contributed by atoms with E-state index >= 15 is 0 Å². The van der Waals surface area contributed by atoms with Crippen LogP contribution in [0.3, 0.4) is 0 Å². The Morgan fingerprint density at radius 3 is 2.97 bits per heavy atom. The van der Waals surface area contributed by atoms with E-state index in [4.69, 9.17) is 4.74 Å². The van der Waals surface area contributed by atoms with Crippen LogP contribution in [0.4, 0.5) is 0 Å². The highest BCUT2D eigenvalue weighted by Gasteiger charge is 2.47. The minimum atomic E-state index is -0.256. The number of benzene rings is 1. The van der Waals surface area contributed by atoms with E-state index in [0.717, 1.165) is 40.9 Å². The van der Waals surface area contributed by atoms with Gasteiger partial charge in [-0.25, -0.2) is 0 Å². The smallest absolute Gasteiger partial charge is 0.311 e. The summed E-state index contributed by atoms with van der Waals surface area (Å²) in [5.74, 6) is 1.06. The van der Waals surface area contributed by atoms with Gasteiger partial charge in [-0.3, -0.25) is 9.78 Å². The molecule has 6 rings (SSSR count). The number of quaternary nitrogens is 1. The average Bonchev–Trinajstić information content (AvgIpc) is 3.30. The number of ether oxygens (including phenoxy) is 1. The van der Waals surface area contributed by atoms with Crippen molar-refractivity contribution in [1.82, 2.24) is 4.98 Å². The monoisotopic (exact) mass is 419 g/mol. The number of carbonyl (C=O) groups excluding carboxylic acids is 1. The highest BCUT2D eigenvalue weighted by atomic mass is 32.1. The van der Waals surface area contributed by atoms with E-state index in [1.807, 2.05) is 48.0 Å². The lowest BCUT2D eigenvalue weighted by Gasteiger charge is -2.48. The van der Waals surface area contributed by atoms with Gasteiger partial charge in [0.1, 0.15) is 6.04 Å². The van der Waals surface area contributed by atoms with Crippen molar-refractivity contribution in [2.24, 2.45) is 11.8 Å². The number of piperidine rings is 3. The van der Waals surface area contributed by atoms with E-state index in [2.05, 4.69) is 23.7 Å². The Morgan fingerprint density at radius 1 is 1.30 bits per heavy atom. The van der Waals surface area contributed by atoms with Crippen molar-refractivity contribution in [3.63, 3.8) is 0 Å². The first-order valence-corrected chi connectivity index (χ1v) is 11.6. The van der Waals surface area contributed by atoms with Gasteiger partial charge in [0, 0.05) is 40.8 Å². The van der Waals surface area contributed by atoms with Crippen LogP contribution in [0.2, 0.25) is 0 Å². The van der Waals surface area contributed by atoms with Crippen LogP contribution < -0.4 is 4.90 Å². The van der Waals surface area contributed by atoms with Gasteiger partial charge in [0.25, 0.3) is 0 Å². The predicted molar refractivity (Wildman–Crippen MR) is 119 cm³/mol. The Kier molecular flexibility index (Phi) is 5.40. The van der Waals surface area contributed by atoms with Crippen molar-refractivity contribution >= 4 is 28.2 Å². The summed E-state index contributed by atoms with van der Waals surface area (Å²) in [5, 5.41) is 3.08. The molecule has 3 aromatic rings. The number of hydrogen-bond donors (Lipinski definition) is 1. The number of nitrogens with one attached hydrogen (secondary N) is 1. The fraction of sp³-hybridized carbons (Fsp3) is 0.360. The molecule has 1 unspecified atom stereocenters. The molecule has 30 heavy (non-hydrogen) atoms. The number of para-hydroxylation sites is 1. The number of aromatic nitrogens is 1. The fourth-order valence-electron chi connectivity index (χ4n) is 5.36. The second kappa shape index (κ2) is 8.32. The molecule has 4 nitrogen and oxygen atoms in total. The van der Waals surface area contributed by atoms with E-state index in [9.17, 15) is 4.79 Å². The third-order valence-electron chi connectivity index (χ3n) is 6.84. The van der Waals surface area contributed by atoms with Crippen molar-refractivity contribution < 1.29 is 14.4 Å². The van der Waals surface area contributed by atoms with Gasteiger partial charge in [-0.15, -0.1) is 17.9 Å². The maximum atomic E-state index is 12.9. The molecule has 3 fully saturated rings. The van der Waals surface area contributed by atoms with Gasteiger partial charge in [0.15, 0.2) is 6.10 Å². The van der Waals surface area contributed by atoms with Gasteiger partial charge in [0.2, 0.25) is 0 Å². The second-order valence-electron chi connectivity index (χ2n) is 8.49. The lowest BCUT2D eigenvalue weighted by Crippen LogP contribution is -3.20. The Bertz CT molecular complexity index is 1040. The summed E-state index contributed by atoms with van der Waals surface area (Å²) in [5.41, 5.74) is 2.03. The van der Waals surface area contributed by atoms with E-state index < -0.39 is 0 Å². The lowest BCUT2D eigenvalue weighted by molar-refractivity contribution is -0.949. The van der Waals surface area contributed by atoms with Crippen molar-refractivity contribution in [2.75, 3.05) is 13.1 Å². The molecule has 3 aliphatic heterocycles. The zero-order valence-corrected chi connectivity index (χ0v) is 17.8. The average molecular weight is 420 g/mol. The molecule has 0 amide bonds. The number of hydrogen-bond acceptors (Lipinski definition) is 4. The van der Waals surface area contributed by atoms with Crippen molar-refractivity contribution in [1.29, 1.82) is 0 Å². The first-order chi connectivity index (χ1) is 14.7. The largest absolute Gasteiger partial charge is 0.451 e. The van der Waals surface area contributed by atoms with Gasteiger partial charge < -0.3 is 9.64 Å². The van der Waals surface area contributed by atoms with Crippen molar-refractivity contribution in [3.8, 4) is 0 Å². The molecular weight excluding hydrogens is 392 g/mol. The highest BCUT2D eigenvalue weighted by Crippen LogP contribution is 2.36. The highest BCUT2D eigenvalue weighted by molar-refractivity contribution is 7.10. The van der Waals surface area contributed by atoms with Crippen LogP contribution in [-0.2, 0) is 16.0 Å². The number of rotatable bonds is 6. The predicted octanol–water partition coefficient (Wildman–Crippen LogP) is 3.60. The molecule has 3 aliphatic rings. The zero-order chi connectivity index (χ0) is 20.5. The molecule has 0 saturated carbocycles. The Labute approximate surface area is 181 Å². The Morgan fingerprint density at radius 2 is 2.20 bits per heavy atom. The summed E-state index contributed by atoms with van der Waals surface area (Å²) < 4.78 is 6.27. The first kappa shape index (κ1) is 19.5. The van der Waals surface area contributed by atoms with Crippen LogP contribution in [0.5, 0.6) is 0 Å². The summed E-state index contributed by atoms with van der Waals surface area (Å²) in [6.07, 6.45) is 6.34. The summed E-state index contributed by atoms with van der Waals surface area (Å²) in [6.45, 7) is 6.28. The number of thiophene rings is 1. The summed E-state index contributed by atoms with van der Waals surface area (Å²) in [7, 11) is 0. The molecule has 5 heterocycles. The van der Waals surface area contributed by atoms with Crippen LogP contribution in [0.15, 0.2) is 66.7 Å². The minimum Gasteiger partial charge on any atom is -0.451 e. The van der Waals surface area contributed by atoms with Gasteiger partial charge in [-0.1, -0.05) is 30.3 Å². The topological polar surface area (TPSA) is 43.6 Å². The van der Waals surface area contributed by atoms with Crippen LogP contribution in [0.25, 0.3) is 10.9 Å². The van der Waals surface area contributed by atoms with Gasteiger partial charge >= 0.3 is 5.97 Å². The lowest BCUT2D eigenvalue weighted by atomic mass is 9.73. The molecular formula is C25H27N2O2S+. The third kappa shape index (κ3) is 3.68. The van der Waals surface area contributed by atoms with Gasteiger partial charge in [-0.2, -0.15) is 0 Å². The molecule has 3 saturated heterocycles. The molecule has 5 heteroatoms. The number of esters is 1. The molecule has 0 spiro atoms. The molecule has 1 aromatic carbocycles. The number of nitrogens with zero attached hydrogens (tertiary/aromatic N) is 1. The number of fused-ring (bicyclic) bond motifs is 4. The van der Waals surface area contributed by atoms with Gasteiger partial charge in [-0.05, 0) is 29.5 Å².